The number of hydrogen-bond donors (Lipinski definition) is 4. The summed E-state index contributed by atoms with van der Waals surface area (Å²) in [6.07, 6.45) is -3.15. The lowest BCUT2D eigenvalue weighted by atomic mass is 10.0. The van der Waals surface area contributed by atoms with Crippen molar-refractivity contribution in [1.29, 1.82) is 0 Å². The van der Waals surface area contributed by atoms with Gasteiger partial charge in [0.2, 0.25) is 0 Å². The van der Waals surface area contributed by atoms with Crippen molar-refractivity contribution in [2.75, 3.05) is 0 Å². The first kappa shape index (κ1) is 9.84. The van der Waals surface area contributed by atoms with Crippen molar-refractivity contribution >= 4 is 0 Å². The Bertz CT molecular complexity index is 83.0. The molecule has 0 saturated carbocycles. The van der Waals surface area contributed by atoms with Crippen molar-refractivity contribution in [3.8, 4) is 0 Å². The van der Waals surface area contributed by atoms with Gasteiger partial charge < -0.3 is 21.1 Å². The Morgan fingerprint density at radius 3 is 1.50 bits per heavy atom. The van der Waals surface area contributed by atoms with E-state index < -0.39 is 24.4 Å². The van der Waals surface area contributed by atoms with Crippen molar-refractivity contribution in [2.24, 2.45) is 5.73 Å². The van der Waals surface area contributed by atoms with E-state index in [1.54, 1.807) is 6.92 Å². The van der Waals surface area contributed by atoms with Crippen molar-refractivity contribution < 1.29 is 15.3 Å². The van der Waals surface area contributed by atoms with Crippen LogP contribution in [0.25, 0.3) is 0 Å². The molecule has 4 unspecified atom stereocenters. The summed E-state index contributed by atoms with van der Waals surface area (Å²) in [7, 11) is 0. The second-order valence-corrected chi connectivity index (χ2v) is 2.58. The molecule has 0 fully saturated rings. The van der Waals surface area contributed by atoms with Crippen molar-refractivity contribution in [3.05, 3.63) is 0 Å². The fourth-order valence-corrected chi connectivity index (χ4v) is 0.596. The summed E-state index contributed by atoms with van der Waals surface area (Å²) in [5, 5.41) is 26.8. The minimum Gasteiger partial charge on any atom is -0.391 e. The normalized spacial score (nSPS) is 23.4. The minimum atomic E-state index is -1.15. The predicted octanol–water partition coefficient (Wildman–Crippen LogP) is -1.56. The number of aliphatic hydroxyl groups is 3. The van der Waals surface area contributed by atoms with Crippen molar-refractivity contribution in [3.63, 3.8) is 0 Å². The Kier molecular flexibility index (Phi) is 3.81. The molecule has 4 nitrogen and oxygen atoms in total. The maximum atomic E-state index is 9.03. The van der Waals surface area contributed by atoms with Crippen LogP contribution in [0, 0.1) is 0 Å². The second-order valence-electron chi connectivity index (χ2n) is 2.58. The van der Waals surface area contributed by atoms with Gasteiger partial charge in [0, 0.05) is 6.04 Å². The molecule has 0 aromatic carbocycles. The molecule has 4 atom stereocenters. The number of aliphatic hydroxyl groups excluding tert-OH is 3. The number of hydrogen-bond acceptors (Lipinski definition) is 4. The van der Waals surface area contributed by atoms with E-state index in [0.29, 0.717) is 0 Å². The number of nitrogens with two attached hydrogens (primary N) is 1. The summed E-state index contributed by atoms with van der Waals surface area (Å²) in [6.45, 7) is 2.96. The number of rotatable bonds is 3. The molecule has 0 bridgehead atoms. The van der Waals surface area contributed by atoms with Gasteiger partial charge >= 0.3 is 0 Å². The average Bonchev–Trinajstić information content (AvgIpc) is 1.84. The molecule has 0 radical (unpaired) electrons. The van der Waals surface area contributed by atoms with Crippen LogP contribution in [-0.2, 0) is 0 Å². The van der Waals surface area contributed by atoms with Crippen LogP contribution in [-0.4, -0.2) is 39.7 Å². The monoisotopic (exact) mass is 149 g/mol. The topological polar surface area (TPSA) is 86.7 Å². The van der Waals surface area contributed by atoms with E-state index in [0.717, 1.165) is 0 Å². The molecule has 0 aliphatic carbocycles. The van der Waals surface area contributed by atoms with Crippen LogP contribution < -0.4 is 5.73 Å². The van der Waals surface area contributed by atoms with Gasteiger partial charge in [-0.15, -0.1) is 0 Å². The van der Waals surface area contributed by atoms with Crippen LogP contribution >= 0.6 is 0 Å². The van der Waals surface area contributed by atoms with E-state index in [9.17, 15) is 0 Å². The van der Waals surface area contributed by atoms with Gasteiger partial charge in [-0.25, -0.2) is 0 Å². The maximum Gasteiger partial charge on any atom is 0.107 e. The van der Waals surface area contributed by atoms with Crippen LogP contribution in [0.4, 0.5) is 0 Å². The molecular formula is C6H15NO3. The van der Waals surface area contributed by atoms with Gasteiger partial charge in [-0.2, -0.15) is 0 Å². The average molecular weight is 149 g/mol. The lowest BCUT2D eigenvalue weighted by molar-refractivity contribution is -0.0586. The molecule has 0 spiro atoms. The van der Waals surface area contributed by atoms with Crippen molar-refractivity contribution in [1.82, 2.24) is 0 Å². The van der Waals surface area contributed by atoms with Crippen LogP contribution in [0.15, 0.2) is 0 Å². The van der Waals surface area contributed by atoms with E-state index in [2.05, 4.69) is 0 Å². The lowest BCUT2D eigenvalue weighted by Gasteiger charge is -2.22. The van der Waals surface area contributed by atoms with Gasteiger partial charge in [-0.3, -0.25) is 0 Å². The van der Waals surface area contributed by atoms with E-state index >= 15 is 0 Å². The third-order valence-corrected chi connectivity index (χ3v) is 1.38. The van der Waals surface area contributed by atoms with Gasteiger partial charge in [0.1, 0.15) is 6.10 Å². The Morgan fingerprint density at radius 1 is 1.00 bits per heavy atom. The van der Waals surface area contributed by atoms with E-state index in [4.69, 9.17) is 21.1 Å². The van der Waals surface area contributed by atoms with Gasteiger partial charge in [0.05, 0.1) is 12.2 Å². The van der Waals surface area contributed by atoms with Crippen LogP contribution in [0.1, 0.15) is 13.8 Å². The summed E-state index contributed by atoms with van der Waals surface area (Å²) < 4.78 is 0. The predicted molar refractivity (Wildman–Crippen MR) is 37.3 cm³/mol. The van der Waals surface area contributed by atoms with E-state index in [1.807, 2.05) is 0 Å². The Balaban J connectivity index is 3.81. The fourth-order valence-electron chi connectivity index (χ4n) is 0.596. The molecule has 10 heavy (non-hydrogen) atoms. The molecule has 0 aromatic rings. The molecular weight excluding hydrogens is 134 g/mol. The molecule has 5 N–H and O–H groups in total. The Hall–Kier alpha value is -0.160. The van der Waals surface area contributed by atoms with Crippen LogP contribution in [0.5, 0.6) is 0 Å². The molecule has 0 aliphatic heterocycles. The van der Waals surface area contributed by atoms with Crippen LogP contribution in [0.3, 0.4) is 0 Å². The lowest BCUT2D eigenvalue weighted by Crippen LogP contribution is -2.45. The summed E-state index contributed by atoms with van der Waals surface area (Å²) in [4.78, 5) is 0. The van der Waals surface area contributed by atoms with Gasteiger partial charge in [0.25, 0.3) is 0 Å². The first-order chi connectivity index (χ1) is 4.46. The SMILES string of the molecule is CC(N)C(O)C(O)C(C)O. The Labute approximate surface area is 60.3 Å². The summed E-state index contributed by atoms with van der Waals surface area (Å²) >= 11 is 0. The molecule has 0 aliphatic rings. The summed E-state index contributed by atoms with van der Waals surface area (Å²) in [5.41, 5.74) is 5.25. The quantitative estimate of drug-likeness (QED) is 0.391. The molecule has 0 heterocycles. The summed E-state index contributed by atoms with van der Waals surface area (Å²) in [6, 6.07) is -0.524. The highest BCUT2D eigenvalue weighted by atomic mass is 16.4. The van der Waals surface area contributed by atoms with Gasteiger partial charge in [0.15, 0.2) is 0 Å². The van der Waals surface area contributed by atoms with E-state index in [-0.39, 0.29) is 0 Å². The Morgan fingerprint density at radius 2 is 1.40 bits per heavy atom. The summed E-state index contributed by atoms with van der Waals surface area (Å²) in [5.74, 6) is 0. The molecule has 0 amide bonds. The molecule has 62 valence electrons. The van der Waals surface area contributed by atoms with E-state index in [1.165, 1.54) is 6.92 Å². The second kappa shape index (κ2) is 3.88. The third-order valence-electron chi connectivity index (χ3n) is 1.38. The van der Waals surface area contributed by atoms with Gasteiger partial charge in [-0.05, 0) is 13.8 Å². The molecule has 0 saturated heterocycles. The highest BCUT2D eigenvalue weighted by Gasteiger charge is 2.23. The van der Waals surface area contributed by atoms with Gasteiger partial charge in [-0.1, -0.05) is 0 Å². The maximum absolute atomic E-state index is 9.03. The standard InChI is InChI=1S/C6H15NO3/c1-3(7)5(9)6(10)4(2)8/h3-6,8-10H,7H2,1-2H3. The largest absolute Gasteiger partial charge is 0.391 e. The molecule has 0 aromatic heterocycles. The zero-order chi connectivity index (χ0) is 8.31. The first-order valence-electron chi connectivity index (χ1n) is 3.26. The zero-order valence-corrected chi connectivity index (χ0v) is 6.23. The molecule has 4 heteroatoms. The zero-order valence-electron chi connectivity index (χ0n) is 6.23. The first-order valence-corrected chi connectivity index (χ1v) is 3.26. The minimum absolute atomic E-state index is 0.524. The van der Waals surface area contributed by atoms with Crippen LogP contribution in [0.2, 0.25) is 0 Å². The molecule has 0 rings (SSSR count). The fraction of sp³-hybridized carbons (Fsp3) is 1.00. The highest BCUT2D eigenvalue weighted by molar-refractivity contribution is 4.78. The van der Waals surface area contributed by atoms with Crippen molar-refractivity contribution in [2.45, 2.75) is 38.2 Å². The highest BCUT2D eigenvalue weighted by Crippen LogP contribution is 2.01. The smallest absolute Gasteiger partial charge is 0.107 e. The third kappa shape index (κ3) is 2.62.